The molecule has 0 aliphatic heterocycles. The molecule has 0 spiro atoms. The molecule has 0 amide bonds. The van der Waals surface area contributed by atoms with Crippen LogP contribution in [0.2, 0.25) is 0 Å². The molecule has 24 heavy (non-hydrogen) atoms. The van der Waals surface area contributed by atoms with E-state index in [9.17, 15) is 0 Å². The first-order valence-electron chi connectivity index (χ1n) is 10.3. The average Bonchev–Trinajstić information content (AvgIpc) is 2.58. The third-order valence-corrected chi connectivity index (χ3v) is 4.95. The standard InChI is InChI=1S/C22H40N2/c1-3-5-7-9-11-19-17-22(14-16-24)20(12-10-8-6-4-2)18-21(19)13-15-23/h17-18H,3-16,23-24H2,1-2H3. The summed E-state index contributed by atoms with van der Waals surface area (Å²) >= 11 is 0. The topological polar surface area (TPSA) is 52.0 Å². The van der Waals surface area contributed by atoms with Crippen LogP contribution in [-0.2, 0) is 25.7 Å². The number of rotatable bonds is 14. The van der Waals surface area contributed by atoms with E-state index in [1.807, 2.05) is 0 Å². The Morgan fingerprint density at radius 3 is 1.25 bits per heavy atom. The molecule has 1 aromatic carbocycles. The molecule has 0 heterocycles. The highest BCUT2D eigenvalue weighted by Crippen LogP contribution is 2.23. The third-order valence-electron chi connectivity index (χ3n) is 4.95. The first-order chi connectivity index (χ1) is 11.8. The summed E-state index contributed by atoms with van der Waals surface area (Å²) in [5, 5.41) is 0. The summed E-state index contributed by atoms with van der Waals surface area (Å²) in [5.41, 5.74) is 17.8. The first-order valence-corrected chi connectivity index (χ1v) is 10.3. The van der Waals surface area contributed by atoms with Crippen LogP contribution in [-0.4, -0.2) is 13.1 Å². The first kappa shape index (κ1) is 21.2. The maximum atomic E-state index is 5.87. The molecule has 0 fully saturated rings. The second kappa shape index (κ2) is 13.4. The normalized spacial score (nSPS) is 11.2. The number of nitrogens with two attached hydrogens (primary N) is 2. The van der Waals surface area contributed by atoms with E-state index in [0.717, 1.165) is 25.9 Å². The largest absolute Gasteiger partial charge is 0.330 e. The zero-order valence-electron chi connectivity index (χ0n) is 16.2. The van der Waals surface area contributed by atoms with Crippen molar-refractivity contribution in [1.82, 2.24) is 0 Å². The molecule has 2 nitrogen and oxygen atoms in total. The molecule has 0 atom stereocenters. The van der Waals surface area contributed by atoms with Gasteiger partial charge in [0.05, 0.1) is 0 Å². The van der Waals surface area contributed by atoms with Crippen LogP contribution in [0.1, 0.15) is 87.5 Å². The van der Waals surface area contributed by atoms with E-state index in [1.165, 1.54) is 86.5 Å². The van der Waals surface area contributed by atoms with Crippen molar-refractivity contribution < 1.29 is 0 Å². The average molecular weight is 333 g/mol. The van der Waals surface area contributed by atoms with Crippen LogP contribution in [0, 0.1) is 0 Å². The van der Waals surface area contributed by atoms with Crippen molar-refractivity contribution in [3.05, 3.63) is 34.4 Å². The van der Waals surface area contributed by atoms with E-state index < -0.39 is 0 Å². The Hall–Kier alpha value is -0.860. The minimum atomic E-state index is 0.744. The second-order valence-electron chi connectivity index (χ2n) is 7.09. The van der Waals surface area contributed by atoms with Crippen LogP contribution in [0.5, 0.6) is 0 Å². The van der Waals surface area contributed by atoms with Crippen LogP contribution < -0.4 is 11.5 Å². The monoisotopic (exact) mass is 332 g/mol. The predicted octanol–water partition coefficient (Wildman–Crippen LogP) is 4.93. The van der Waals surface area contributed by atoms with E-state index >= 15 is 0 Å². The van der Waals surface area contributed by atoms with Gasteiger partial charge in [0.1, 0.15) is 0 Å². The quantitative estimate of drug-likeness (QED) is 0.474. The van der Waals surface area contributed by atoms with Gasteiger partial charge < -0.3 is 11.5 Å². The molecular weight excluding hydrogens is 292 g/mol. The lowest BCUT2D eigenvalue weighted by molar-refractivity contribution is 0.658. The fourth-order valence-electron chi connectivity index (χ4n) is 3.52. The lowest BCUT2D eigenvalue weighted by Crippen LogP contribution is -2.10. The Labute approximate surface area is 150 Å². The predicted molar refractivity (Wildman–Crippen MR) is 108 cm³/mol. The molecule has 138 valence electrons. The third kappa shape index (κ3) is 7.81. The molecule has 0 aromatic heterocycles. The molecule has 0 bridgehead atoms. The molecule has 0 saturated carbocycles. The van der Waals surface area contributed by atoms with Crippen LogP contribution in [0.15, 0.2) is 12.1 Å². The number of unbranched alkanes of at least 4 members (excludes halogenated alkanes) is 6. The Morgan fingerprint density at radius 1 is 0.542 bits per heavy atom. The molecule has 0 unspecified atom stereocenters. The molecule has 0 radical (unpaired) electrons. The van der Waals surface area contributed by atoms with Gasteiger partial charge >= 0.3 is 0 Å². The maximum absolute atomic E-state index is 5.87. The molecule has 4 N–H and O–H groups in total. The van der Waals surface area contributed by atoms with Gasteiger partial charge in [0.25, 0.3) is 0 Å². The summed E-state index contributed by atoms with van der Waals surface area (Å²) in [7, 11) is 0. The van der Waals surface area contributed by atoms with Crippen molar-refractivity contribution in [2.75, 3.05) is 13.1 Å². The van der Waals surface area contributed by atoms with Crippen molar-refractivity contribution >= 4 is 0 Å². The van der Waals surface area contributed by atoms with Gasteiger partial charge in [0.15, 0.2) is 0 Å². The van der Waals surface area contributed by atoms with Crippen molar-refractivity contribution in [3.8, 4) is 0 Å². The van der Waals surface area contributed by atoms with E-state index in [-0.39, 0.29) is 0 Å². The molecule has 1 rings (SSSR count). The van der Waals surface area contributed by atoms with Crippen LogP contribution in [0.4, 0.5) is 0 Å². The number of hydrogen-bond acceptors (Lipinski definition) is 2. The summed E-state index contributed by atoms with van der Waals surface area (Å²) in [6, 6.07) is 4.91. The van der Waals surface area contributed by atoms with Gasteiger partial charge in [-0.15, -0.1) is 0 Å². The number of benzene rings is 1. The highest BCUT2D eigenvalue weighted by atomic mass is 14.5. The Bertz CT molecular complexity index is 398. The van der Waals surface area contributed by atoms with Crippen molar-refractivity contribution in [1.29, 1.82) is 0 Å². The minimum Gasteiger partial charge on any atom is -0.330 e. The van der Waals surface area contributed by atoms with Gasteiger partial charge in [-0.05, 0) is 73.9 Å². The van der Waals surface area contributed by atoms with Crippen molar-refractivity contribution in [2.24, 2.45) is 11.5 Å². The summed E-state index contributed by atoms with van der Waals surface area (Å²) < 4.78 is 0. The summed E-state index contributed by atoms with van der Waals surface area (Å²) in [6.07, 6.45) is 15.0. The minimum absolute atomic E-state index is 0.744. The van der Waals surface area contributed by atoms with Crippen LogP contribution >= 0.6 is 0 Å². The number of aryl methyl sites for hydroxylation is 2. The van der Waals surface area contributed by atoms with Gasteiger partial charge in [-0.25, -0.2) is 0 Å². The van der Waals surface area contributed by atoms with Gasteiger partial charge in [-0.3, -0.25) is 0 Å². The summed E-state index contributed by atoms with van der Waals surface area (Å²) in [6.45, 7) is 6.03. The van der Waals surface area contributed by atoms with Crippen molar-refractivity contribution in [3.63, 3.8) is 0 Å². The molecule has 0 saturated heterocycles. The highest BCUT2D eigenvalue weighted by molar-refractivity contribution is 5.39. The maximum Gasteiger partial charge on any atom is -0.00366 e. The fourth-order valence-corrected chi connectivity index (χ4v) is 3.52. The second-order valence-corrected chi connectivity index (χ2v) is 7.09. The zero-order valence-corrected chi connectivity index (χ0v) is 16.2. The number of hydrogen-bond donors (Lipinski definition) is 2. The Morgan fingerprint density at radius 2 is 0.917 bits per heavy atom. The Kier molecular flexibility index (Phi) is 11.9. The lowest BCUT2D eigenvalue weighted by atomic mass is 9.90. The fraction of sp³-hybridized carbons (Fsp3) is 0.727. The lowest BCUT2D eigenvalue weighted by Gasteiger charge is -2.16. The van der Waals surface area contributed by atoms with Gasteiger partial charge in [0, 0.05) is 0 Å². The summed E-state index contributed by atoms with van der Waals surface area (Å²) in [4.78, 5) is 0. The van der Waals surface area contributed by atoms with Gasteiger partial charge in [0.2, 0.25) is 0 Å². The molecule has 2 heteroatoms. The zero-order chi connectivity index (χ0) is 17.6. The molecule has 0 aliphatic rings. The molecule has 1 aromatic rings. The van der Waals surface area contributed by atoms with Crippen LogP contribution in [0.25, 0.3) is 0 Å². The summed E-state index contributed by atoms with van der Waals surface area (Å²) in [5.74, 6) is 0. The van der Waals surface area contributed by atoms with E-state index in [2.05, 4.69) is 26.0 Å². The van der Waals surface area contributed by atoms with Gasteiger partial charge in [-0.2, -0.15) is 0 Å². The SMILES string of the molecule is CCCCCCc1cc(CCN)c(CCCCCC)cc1CCN. The van der Waals surface area contributed by atoms with Gasteiger partial charge in [-0.1, -0.05) is 64.5 Å². The molecular formula is C22H40N2. The highest BCUT2D eigenvalue weighted by Gasteiger charge is 2.10. The van der Waals surface area contributed by atoms with E-state index in [0.29, 0.717) is 0 Å². The van der Waals surface area contributed by atoms with E-state index in [1.54, 1.807) is 0 Å². The smallest absolute Gasteiger partial charge is 0.00366 e. The van der Waals surface area contributed by atoms with Crippen molar-refractivity contribution in [2.45, 2.75) is 90.9 Å². The Balaban J connectivity index is 2.86. The van der Waals surface area contributed by atoms with E-state index in [4.69, 9.17) is 11.5 Å². The molecule has 0 aliphatic carbocycles. The van der Waals surface area contributed by atoms with Crippen LogP contribution in [0.3, 0.4) is 0 Å².